The number of carboxylic acids is 1. The molecule has 4 unspecified atom stereocenters. The second-order valence-electron chi connectivity index (χ2n) is 8.21. The Kier molecular flexibility index (Phi) is 9.59. The standard InChI is InChI=1S/C24H30N4O7/c1-13(26-22(32)19(25)11-15-3-7-17(29)8-4-15)21(31)28-20(23(33)27-14(2)24(34)35)12-16-5-9-18(30)10-6-16/h3-10,13-14,19-20,29-30H,11-12,25H2,1-2H3,(H,26,32)(H,27,33)(H,28,31)(H,34,35). The van der Waals surface area contributed by atoms with Gasteiger partial charge in [0.15, 0.2) is 0 Å². The zero-order chi connectivity index (χ0) is 26.1. The predicted octanol–water partition coefficient (Wildman–Crippen LogP) is -0.211. The minimum atomic E-state index is -1.24. The van der Waals surface area contributed by atoms with Crippen LogP contribution < -0.4 is 21.7 Å². The van der Waals surface area contributed by atoms with Crippen molar-refractivity contribution in [3.63, 3.8) is 0 Å². The average Bonchev–Trinajstić information content (AvgIpc) is 2.81. The lowest BCUT2D eigenvalue weighted by Gasteiger charge is -2.23. The summed E-state index contributed by atoms with van der Waals surface area (Å²) in [6, 6.07) is 7.85. The zero-order valence-corrected chi connectivity index (χ0v) is 19.4. The van der Waals surface area contributed by atoms with Crippen LogP contribution in [0.2, 0.25) is 0 Å². The lowest BCUT2D eigenvalue weighted by molar-refractivity contribution is -0.141. The Morgan fingerprint density at radius 2 is 1.17 bits per heavy atom. The fourth-order valence-electron chi connectivity index (χ4n) is 3.11. The van der Waals surface area contributed by atoms with Gasteiger partial charge in [0.1, 0.15) is 29.6 Å². The number of phenolic OH excluding ortho intramolecular Hbond substituents is 2. The molecule has 11 nitrogen and oxygen atoms in total. The minimum Gasteiger partial charge on any atom is -0.508 e. The van der Waals surface area contributed by atoms with Crippen molar-refractivity contribution in [2.75, 3.05) is 0 Å². The molecule has 0 saturated carbocycles. The van der Waals surface area contributed by atoms with Gasteiger partial charge < -0.3 is 37.0 Å². The largest absolute Gasteiger partial charge is 0.508 e. The highest BCUT2D eigenvalue weighted by atomic mass is 16.4. The van der Waals surface area contributed by atoms with Crippen molar-refractivity contribution in [2.45, 2.75) is 50.9 Å². The maximum atomic E-state index is 12.7. The molecule has 0 radical (unpaired) electrons. The molecule has 11 heteroatoms. The Balaban J connectivity index is 2.03. The number of carboxylic acid groups (broad SMARTS) is 1. The summed E-state index contributed by atoms with van der Waals surface area (Å²) < 4.78 is 0. The summed E-state index contributed by atoms with van der Waals surface area (Å²) in [6.45, 7) is 2.72. The first-order valence-electron chi connectivity index (χ1n) is 10.9. The number of nitrogens with two attached hydrogens (primary N) is 1. The quantitative estimate of drug-likeness (QED) is 0.227. The Hall–Kier alpha value is -4.12. The van der Waals surface area contributed by atoms with Crippen molar-refractivity contribution in [1.82, 2.24) is 16.0 Å². The van der Waals surface area contributed by atoms with Crippen LogP contribution in [0.3, 0.4) is 0 Å². The molecule has 0 aliphatic rings. The molecule has 188 valence electrons. The highest BCUT2D eigenvalue weighted by molar-refractivity contribution is 5.94. The van der Waals surface area contributed by atoms with Gasteiger partial charge in [-0.25, -0.2) is 0 Å². The van der Waals surface area contributed by atoms with E-state index in [4.69, 9.17) is 10.8 Å². The molecule has 0 bridgehead atoms. The summed E-state index contributed by atoms with van der Waals surface area (Å²) in [5.41, 5.74) is 7.27. The van der Waals surface area contributed by atoms with Crippen LogP contribution in [0.4, 0.5) is 0 Å². The maximum absolute atomic E-state index is 12.7. The van der Waals surface area contributed by atoms with Gasteiger partial charge in [-0.2, -0.15) is 0 Å². The van der Waals surface area contributed by atoms with Crippen LogP contribution in [0.15, 0.2) is 48.5 Å². The Morgan fingerprint density at radius 3 is 1.66 bits per heavy atom. The number of hydrogen-bond donors (Lipinski definition) is 7. The summed E-state index contributed by atoms with van der Waals surface area (Å²) in [7, 11) is 0. The summed E-state index contributed by atoms with van der Waals surface area (Å²) in [5.74, 6) is -3.10. The summed E-state index contributed by atoms with van der Waals surface area (Å²) in [4.78, 5) is 49.0. The summed E-state index contributed by atoms with van der Waals surface area (Å²) in [5, 5.41) is 35.2. The molecule has 3 amide bonds. The van der Waals surface area contributed by atoms with E-state index in [2.05, 4.69) is 16.0 Å². The number of nitrogens with one attached hydrogen (secondary N) is 3. The second-order valence-corrected chi connectivity index (χ2v) is 8.21. The van der Waals surface area contributed by atoms with Crippen LogP contribution in [0.25, 0.3) is 0 Å². The van der Waals surface area contributed by atoms with E-state index in [9.17, 15) is 29.4 Å². The fourth-order valence-corrected chi connectivity index (χ4v) is 3.11. The Morgan fingerprint density at radius 1 is 0.714 bits per heavy atom. The molecular weight excluding hydrogens is 456 g/mol. The molecule has 0 aliphatic carbocycles. The number of aromatic hydroxyl groups is 2. The third-order valence-corrected chi connectivity index (χ3v) is 5.22. The normalized spacial score (nSPS) is 14.1. The average molecular weight is 487 g/mol. The van der Waals surface area contributed by atoms with Crippen molar-refractivity contribution in [3.05, 3.63) is 59.7 Å². The molecule has 0 fully saturated rings. The third-order valence-electron chi connectivity index (χ3n) is 5.22. The molecule has 0 heterocycles. The topological polar surface area (TPSA) is 191 Å². The summed E-state index contributed by atoms with van der Waals surface area (Å²) in [6.07, 6.45) is 0.199. The molecule has 0 saturated heterocycles. The predicted molar refractivity (Wildman–Crippen MR) is 126 cm³/mol. The van der Waals surface area contributed by atoms with Gasteiger partial charge in [0.05, 0.1) is 6.04 Å². The van der Waals surface area contributed by atoms with Gasteiger partial charge in [-0.15, -0.1) is 0 Å². The van der Waals surface area contributed by atoms with Crippen molar-refractivity contribution in [3.8, 4) is 11.5 Å². The van der Waals surface area contributed by atoms with Crippen LogP contribution in [0.5, 0.6) is 11.5 Å². The number of rotatable bonds is 11. The minimum absolute atomic E-state index is 0.0191. The molecular formula is C24H30N4O7. The smallest absolute Gasteiger partial charge is 0.325 e. The van der Waals surface area contributed by atoms with Gasteiger partial charge in [-0.05, 0) is 55.7 Å². The van der Waals surface area contributed by atoms with Crippen LogP contribution >= 0.6 is 0 Å². The molecule has 0 aliphatic heterocycles. The Labute approximate surface area is 202 Å². The molecule has 2 aromatic rings. The van der Waals surface area contributed by atoms with Gasteiger partial charge in [-0.3, -0.25) is 19.2 Å². The molecule has 4 atom stereocenters. The second kappa shape index (κ2) is 12.4. The first-order valence-corrected chi connectivity index (χ1v) is 10.9. The van der Waals surface area contributed by atoms with E-state index in [-0.39, 0.29) is 24.3 Å². The van der Waals surface area contributed by atoms with Gasteiger partial charge in [0, 0.05) is 6.42 Å². The lowest BCUT2D eigenvalue weighted by Crippen LogP contribution is -2.56. The molecule has 8 N–H and O–H groups in total. The highest BCUT2D eigenvalue weighted by Crippen LogP contribution is 2.12. The van der Waals surface area contributed by atoms with E-state index in [1.165, 1.54) is 38.1 Å². The molecule has 0 aromatic heterocycles. The first kappa shape index (κ1) is 27.1. The first-order chi connectivity index (χ1) is 16.5. The van der Waals surface area contributed by atoms with Crippen LogP contribution in [0, 0.1) is 0 Å². The number of carbonyl (C=O) groups excluding carboxylic acids is 3. The van der Waals surface area contributed by atoms with E-state index in [0.29, 0.717) is 5.56 Å². The number of phenols is 2. The van der Waals surface area contributed by atoms with Gasteiger partial charge in [0.25, 0.3) is 0 Å². The molecule has 2 rings (SSSR count). The number of aliphatic carboxylic acids is 1. The van der Waals surface area contributed by atoms with Gasteiger partial charge >= 0.3 is 5.97 Å². The van der Waals surface area contributed by atoms with E-state index < -0.39 is 47.9 Å². The zero-order valence-electron chi connectivity index (χ0n) is 19.4. The monoisotopic (exact) mass is 486 g/mol. The lowest BCUT2D eigenvalue weighted by atomic mass is 10.0. The highest BCUT2D eigenvalue weighted by Gasteiger charge is 2.27. The van der Waals surface area contributed by atoms with Crippen LogP contribution in [-0.2, 0) is 32.0 Å². The van der Waals surface area contributed by atoms with Gasteiger partial charge in [-0.1, -0.05) is 24.3 Å². The number of carbonyl (C=O) groups is 4. The van der Waals surface area contributed by atoms with E-state index >= 15 is 0 Å². The van der Waals surface area contributed by atoms with Crippen molar-refractivity contribution < 1.29 is 34.5 Å². The van der Waals surface area contributed by atoms with Crippen molar-refractivity contribution in [1.29, 1.82) is 0 Å². The maximum Gasteiger partial charge on any atom is 0.325 e. The van der Waals surface area contributed by atoms with Crippen molar-refractivity contribution in [2.24, 2.45) is 5.73 Å². The van der Waals surface area contributed by atoms with E-state index in [1.54, 1.807) is 24.3 Å². The van der Waals surface area contributed by atoms with E-state index in [1.807, 2.05) is 0 Å². The van der Waals surface area contributed by atoms with Gasteiger partial charge in [0.2, 0.25) is 17.7 Å². The Bertz CT molecular complexity index is 1040. The van der Waals surface area contributed by atoms with E-state index in [0.717, 1.165) is 5.56 Å². The summed E-state index contributed by atoms with van der Waals surface area (Å²) >= 11 is 0. The van der Waals surface area contributed by atoms with Crippen LogP contribution in [0.1, 0.15) is 25.0 Å². The number of hydrogen-bond acceptors (Lipinski definition) is 7. The van der Waals surface area contributed by atoms with Crippen LogP contribution in [-0.4, -0.2) is 63.2 Å². The SMILES string of the molecule is CC(NC(=O)C(Cc1ccc(O)cc1)NC(=O)C(C)NC(=O)C(N)Cc1ccc(O)cc1)C(=O)O. The molecule has 0 spiro atoms. The van der Waals surface area contributed by atoms with Crippen molar-refractivity contribution >= 4 is 23.7 Å². The molecule has 2 aromatic carbocycles. The fraction of sp³-hybridized carbons (Fsp3) is 0.333. The molecule has 35 heavy (non-hydrogen) atoms. The third kappa shape index (κ3) is 8.63. The number of amides is 3. The number of benzene rings is 2.